The van der Waals surface area contributed by atoms with Crippen molar-refractivity contribution in [3.05, 3.63) is 18.3 Å². The van der Waals surface area contributed by atoms with E-state index >= 15 is 0 Å². The average Bonchev–Trinajstić information content (AvgIpc) is 3.02. The highest BCUT2D eigenvalue weighted by Gasteiger charge is 2.21. The van der Waals surface area contributed by atoms with Crippen LogP contribution in [0.4, 0.5) is 12.0 Å². The molecule has 0 fully saturated rings. The summed E-state index contributed by atoms with van der Waals surface area (Å²) in [6, 6.07) is 0.588. The van der Waals surface area contributed by atoms with E-state index in [4.69, 9.17) is 4.42 Å². The van der Waals surface area contributed by atoms with Crippen LogP contribution in [-0.2, 0) is 13.5 Å². The van der Waals surface area contributed by atoms with Gasteiger partial charge in [0.1, 0.15) is 12.6 Å². The van der Waals surface area contributed by atoms with Gasteiger partial charge < -0.3 is 15.1 Å². The molecule has 7 nitrogen and oxygen atoms in total. The van der Waals surface area contributed by atoms with E-state index in [1.807, 2.05) is 7.05 Å². The molecule has 0 bridgehead atoms. The Morgan fingerprint density at radius 1 is 1.13 bits per heavy atom. The maximum absolute atomic E-state index is 5.50. The smallest absolute Gasteiger partial charge is 0.294 e. The highest BCUT2D eigenvalue weighted by atomic mass is 16.4. The quantitative estimate of drug-likeness (QED) is 0.816. The fourth-order valence-corrected chi connectivity index (χ4v) is 2.10. The van der Waals surface area contributed by atoms with Gasteiger partial charge >= 0.3 is 0 Å². The zero-order chi connectivity index (χ0) is 17.1. The summed E-state index contributed by atoms with van der Waals surface area (Å²) in [7, 11) is 1.85. The second-order valence-corrected chi connectivity index (χ2v) is 7.99. The number of oxazole rings is 1. The summed E-state index contributed by atoms with van der Waals surface area (Å²) >= 11 is 0. The molecular formula is C16H28N6O. The van der Waals surface area contributed by atoms with Gasteiger partial charge in [-0.2, -0.15) is 4.98 Å². The van der Waals surface area contributed by atoms with E-state index in [2.05, 4.69) is 60.3 Å². The molecule has 0 spiro atoms. The van der Waals surface area contributed by atoms with Gasteiger partial charge in [0.15, 0.2) is 0 Å². The van der Waals surface area contributed by atoms with Crippen LogP contribution in [0.15, 0.2) is 17.0 Å². The predicted molar refractivity (Wildman–Crippen MR) is 91.4 cm³/mol. The molecule has 0 unspecified atom stereocenters. The van der Waals surface area contributed by atoms with E-state index in [0.717, 1.165) is 25.2 Å². The van der Waals surface area contributed by atoms with Crippen LogP contribution in [0.5, 0.6) is 0 Å². The van der Waals surface area contributed by atoms with Gasteiger partial charge in [0, 0.05) is 20.1 Å². The van der Waals surface area contributed by atoms with Crippen LogP contribution < -0.4 is 10.6 Å². The number of hydrogen-bond donors (Lipinski definition) is 2. The largest absolute Gasteiger partial charge is 0.432 e. The zero-order valence-electron chi connectivity index (χ0n) is 15.0. The van der Waals surface area contributed by atoms with Crippen LogP contribution in [0.3, 0.4) is 0 Å². The molecular weight excluding hydrogens is 292 g/mol. The number of aromatic nitrogens is 4. The van der Waals surface area contributed by atoms with Crippen molar-refractivity contribution in [1.29, 1.82) is 0 Å². The first-order chi connectivity index (χ1) is 10.6. The zero-order valence-corrected chi connectivity index (χ0v) is 15.0. The number of aryl methyl sites for hydroxylation is 1. The van der Waals surface area contributed by atoms with Gasteiger partial charge in [-0.25, -0.2) is 4.98 Å². The van der Waals surface area contributed by atoms with Crippen LogP contribution in [0, 0.1) is 10.8 Å². The van der Waals surface area contributed by atoms with Gasteiger partial charge in [0.05, 0.1) is 5.69 Å². The Morgan fingerprint density at radius 2 is 1.87 bits per heavy atom. The Labute approximate surface area is 137 Å². The molecule has 128 valence electrons. The van der Waals surface area contributed by atoms with Gasteiger partial charge in [-0.15, -0.1) is 5.10 Å². The molecule has 0 aliphatic carbocycles. The summed E-state index contributed by atoms with van der Waals surface area (Å²) in [5.74, 6) is 0.647. The topological polar surface area (TPSA) is 80.8 Å². The second-order valence-electron chi connectivity index (χ2n) is 7.99. The van der Waals surface area contributed by atoms with E-state index in [1.165, 1.54) is 0 Å². The highest BCUT2D eigenvalue weighted by molar-refractivity contribution is 5.24. The molecule has 7 heteroatoms. The maximum atomic E-state index is 5.50. The highest BCUT2D eigenvalue weighted by Crippen LogP contribution is 2.23. The van der Waals surface area contributed by atoms with Crippen LogP contribution >= 0.6 is 0 Å². The standard InChI is InChI=1S/C16H28N6O/c1-15(2,3)9-18-14-20-12(8-23-14)7-16(4,5)10-17-13-19-11-22(6)21-13/h8,11H,7,9-10H2,1-6H3,(H,17,21)(H,18,20). The van der Waals surface area contributed by atoms with Gasteiger partial charge in [-0.05, 0) is 17.3 Å². The number of nitrogens with zero attached hydrogens (tertiary/aromatic N) is 4. The molecule has 2 heterocycles. The molecule has 2 rings (SSSR count). The molecule has 2 N–H and O–H groups in total. The summed E-state index contributed by atoms with van der Waals surface area (Å²) in [5.41, 5.74) is 1.15. The van der Waals surface area contributed by atoms with Crippen molar-refractivity contribution < 1.29 is 4.42 Å². The van der Waals surface area contributed by atoms with E-state index in [-0.39, 0.29) is 10.8 Å². The van der Waals surface area contributed by atoms with E-state index in [1.54, 1.807) is 17.3 Å². The average molecular weight is 320 g/mol. The first-order valence-electron chi connectivity index (χ1n) is 7.91. The summed E-state index contributed by atoms with van der Waals surface area (Å²) < 4.78 is 7.18. The third kappa shape index (κ3) is 5.92. The monoisotopic (exact) mass is 320 g/mol. The molecule has 0 amide bonds. The van der Waals surface area contributed by atoms with E-state index < -0.39 is 0 Å². The predicted octanol–water partition coefficient (Wildman–Crippen LogP) is 2.94. The lowest BCUT2D eigenvalue weighted by molar-refractivity contribution is 0.383. The second kappa shape index (κ2) is 6.60. The lowest BCUT2D eigenvalue weighted by Gasteiger charge is -2.23. The maximum Gasteiger partial charge on any atom is 0.294 e. The van der Waals surface area contributed by atoms with Crippen molar-refractivity contribution in [2.75, 3.05) is 23.7 Å². The Kier molecular flexibility index (Phi) is 4.97. The van der Waals surface area contributed by atoms with Crippen molar-refractivity contribution in [3.8, 4) is 0 Å². The summed E-state index contributed by atoms with van der Waals surface area (Å²) in [4.78, 5) is 8.69. The number of hydrogen-bond acceptors (Lipinski definition) is 6. The fourth-order valence-electron chi connectivity index (χ4n) is 2.10. The molecule has 0 saturated carbocycles. The van der Waals surface area contributed by atoms with Crippen LogP contribution in [0.25, 0.3) is 0 Å². The molecule has 23 heavy (non-hydrogen) atoms. The van der Waals surface area contributed by atoms with Crippen molar-refractivity contribution in [2.45, 2.75) is 41.0 Å². The minimum absolute atomic E-state index is 0.0113. The van der Waals surface area contributed by atoms with Crippen molar-refractivity contribution in [2.24, 2.45) is 17.9 Å². The van der Waals surface area contributed by atoms with Gasteiger partial charge in [0.2, 0.25) is 5.95 Å². The number of rotatable bonds is 7. The molecule has 0 saturated heterocycles. The summed E-state index contributed by atoms with van der Waals surface area (Å²) in [6.07, 6.45) is 4.22. The SMILES string of the molecule is Cn1cnc(NCC(C)(C)Cc2coc(NCC(C)(C)C)n2)n1. The van der Waals surface area contributed by atoms with Crippen LogP contribution in [0.1, 0.15) is 40.3 Å². The molecule has 0 aliphatic heterocycles. The first kappa shape index (κ1) is 17.3. The van der Waals surface area contributed by atoms with E-state index in [9.17, 15) is 0 Å². The molecule has 0 radical (unpaired) electrons. The van der Waals surface area contributed by atoms with Crippen molar-refractivity contribution in [1.82, 2.24) is 19.7 Å². The Balaban J connectivity index is 1.86. The lowest BCUT2D eigenvalue weighted by Crippen LogP contribution is -2.26. The summed E-state index contributed by atoms with van der Waals surface area (Å²) in [5, 5.41) is 10.7. The first-order valence-corrected chi connectivity index (χ1v) is 7.91. The van der Waals surface area contributed by atoms with Crippen LogP contribution in [-0.4, -0.2) is 32.8 Å². The third-order valence-electron chi connectivity index (χ3n) is 3.31. The minimum Gasteiger partial charge on any atom is -0.432 e. The van der Waals surface area contributed by atoms with E-state index in [0.29, 0.717) is 12.0 Å². The lowest BCUT2D eigenvalue weighted by atomic mass is 9.88. The minimum atomic E-state index is 0.0113. The molecule has 0 aromatic carbocycles. The van der Waals surface area contributed by atoms with Crippen LogP contribution in [0.2, 0.25) is 0 Å². The third-order valence-corrected chi connectivity index (χ3v) is 3.31. The Morgan fingerprint density at radius 3 is 2.48 bits per heavy atom. The van der Waals surface area contributed by atoms with Gasteiger partial charge in [-0.1, -0.05) is 34.6 Å². The fraction of sp³-hybridized carbons (Fsp3) is 0.688. The number of anilines is 2. The molecule has 2 aromatic heterocycles. The molecule has 2 aromatic rings. The van der Waals surface area contributed by atoms with Crippen molar-refractivity contribution in [3.63, 3.8) is 0 Å². The van der Waals surface area contributed by atoms with Crippen molar-refractivity contribution >= 4 is 12.0 Å². The molecule has 0 atom stereocenters. The summed E-state index contributed by atoms with van der Waals surface area (Å²) in [6.45, 7) is 12.5. The van der Waals surface area contributed by atoms with Gasteiger partial charge in [-0.3, -0.25) is 4.68 Å². The Bertz CT molecular complexity index is 623. The molecule has 0 aliphatic rings. The number of nitrogens with one attached hydrogen (secondary N) is 2. The normalized spacial score (nSPS) is 12.4. The van der Waals surface area contributed by atoms with Gasteiger partial charge in [0.25, 0.3) is 6.01 Å². The Hall–Kier alpha value is -2.05.